The number of hydrogen-bond acceptors (Lipinski definition) is 2. The van der Waals surface area contributed by atoms with Crippen LogP contribution in [0.15, 0.2) is 0 Å². The molecule has 0 aromatic carbocycles. The molecule has 0 spiro atoms. The van der Waals surface area contributed by atoms with Gasteiger partial charge in [0.05, 0.1) is 0 Å². The first-order valence-electron chi connectivity index (χ1n) is 7.42. The van der Waals surface area contributed by atoms with E-state index in [9.17, 15) is 9.59 Å². The third-order valence-corrected chi connectivity index (χ3v) is 4.72. The first kappa shape index (κ1) is 14.4. The highest BCUT2D eigenvalue weighted by atomic mass is 16.2. The molecule has 2 aliphatic rings. The number of likely N-dealkylation sites (tertiary alicyclic amines) is 1. The molecular weight excluding hydrogens is 240 g/mol. The van der Waals surface area contributed by atoms with Gasteiger partial charge in [-0.15, -0.1) is 0 Å². The topological polar surface area (TPSA) is 49.4 Å². The Morgan fingerprint density at radius 2 is 1.89 bits per heavy atom. The predicted molar refractivity (Wildman–Crippen MR) is 74.5 cm³/mol. The number of rotatable bonds is 2. The van der Waals surface area contributed by atoms with E-state index in [2.05, 4.69) is 19.2 Å². The average Bonchev–Trinajstić information content (AvgIpc) is 2.35. The highest BCUT2D eigenvalue weighted by molar-refractivity contribution is 5.86. The SMILES string of the molecule is CN1CCC(C(=O)NC2CCC(C)(C)CC2)CC1=O. The minimum atomic E-state index is -0.112. The maximum atomic E-state index is 12.2. The second kappa shape index (κ2) is 5.51. The van der Waals surface area contributed by atoms with Gasteiger partial charge in [0.2, 0.25) is 11.8 Å². The fraction of sp³-hybridized carbons (Fsp3) is 0.867. The largest absolute Gasteiger partial charge is 0.353 e. The Bertz CT molecular complexity index is 355. The quantitative estimate of drug-likeness (QED) is 0.830. The molecule has 2 rings (SSSR count). The summed E-state index contributed by atoms with van der Waals surface area (Å²) in [5, 5.41) is 3.15. The van der Waals surface area contributed by atoms with Crippen molar-refractivity contribution in [3.8, 4) is 0 Å². The van der Waals surface area contributed by atoms with Crippen molar-refractivity contribution >= 4 is 11.8 Å². The molecule has 1 atom stereocenters. The molecule has 0 aromatic heterocycles. The van der Waals surface area contributed by atoms with Crippen LogP contribution in [-0.2, 0) is 9.59 Å². The minimum Gasteiger partial charge on any atom is -0.353 e. The van der Waals surface area contributed by atoms with Crippen LogP contribution in [0.25, 0.3) is 0 Å². The van der Waals surface area contributed by atoms with Crippen LogP contribution in [-0.4, -0.2) is 36.3 Å². The maximum Gasteiger partial charge on any atom is 0.223 e. The van der Waals surface area contributed by atoms with Gasteiger partial charge in [-0.05, 0) is 37.5 Å². The Kier molecular flexibility index (Phi) is 4.16. The summed E-state index contributed by atoms with van der Waals surface area (Å²) in [5.74, 6) is 0.0703. The summed E-state index contributed by atoms with van der Waals surface area (Å²) in [4.78, 5) is 25.5. The van der Waals surface area contributed by atoms with Crippen LogP contribution >= 0.6 is 0 Å². The Balaban J connectivity index is 1.80. The summed E-state index contributed by atoms with van der Waals surface area (Å²) in [6.45, 7) is 5.29. The predicted octanol–water partition coefficient (Wildman–Crippen LogP) is 1.94. The molecule has 1 N–H and O–H groups in total. The van der Waals surface area contributed by atoms with E-state index in [1.807, 2.05) is 0 Å². The van der Waals surface area contributed by atoms with Gasteiger partial charge in [0.25, 0.3) is 0 Å². The van der Waals surface area contributed by atoms with Gasteiger partial charge in [0, 0.05) is 32.0 Å². The highest BCUT2D eigenvalue weighted by Crippen LogP contribution is 2.35. The van der Waals surface area contributed by atoms with Crippen LogP contribution in [0.5, 0.6) is 0 Å². The monoisotopic (exact) mass is 266 g/mol. The third kappa shape index (κ3) is 3.71. The number of nitrogens with zero attached hydrogens (tertiary/aromatic N) is 1. The fourth-order valence-corrected chi connectivity index (χ4v) is 3.03. The lowest BCUT2D eigenvalue weighted by molar-refractivity contribution is -0.139. The molecule has 108 valence electrons. The van der Waals surface area contributed by atoms with Crippen molar-refractivity contribution in [1.82, 2.24) is 10.2 Å². The van der Waals surface area contributed by atoms with Crippen LogP contribution in [0.3, 0.4) is 0 Å². The number of amides is 2. The number of piperidine rings is 1. The lowest BCUT2D eigenvalue weighted by atomic mass is 9.75. The van der Waals surface area contributed by atoms with Crippen molar-refractivity contribution in [2.45, 2.75) is 58.4 Å². The molecule has 0 radical (unpaired) electrons. The molecule has 1 saturated carbocycles. The van der Waals surface area contributed by atoms with Crippen molar-refractivity contribution in [2.24, 2.45) is 11.3 Å². The smallest absolute Gasteiger partial charge is 0.223 e. The molecule has 0 bridgehead atoms. The van der Waals surface area contributed by atoms with E-state index in [1.165, 1.54) is 12.8 Å². The fourth-order valence-electron chi connectivity index (χ4n) is 3.03. The second-order valence-electron chi connectivity index (χ2n) is 6.95. The van der Waals surface area contributed by atoms with Crippen molar-refractivity contribution in [1.29, 1.82) is 0 Å². The Morgan fingerprint density at radius 3 is 2.47 bits per heavy atom. The van der Waals surface area contributed by atoms with E-state index in [0.717, 1.165) is 19.3 Å². The van der Waals surface area contributed by atoms with Gasteiger partial charge in [0.15, 0.2) is 0 Å². The van der Waals surface area contributed by atoms with Crippen molar-refractivity contribution in [2.75, 3.05) is 13.6 Å². The summed E-state index contributed by atoms with van der Waals surface area (Å²) in [7, 11) is 1.81. The summed E-state index contributed by atoms with van der Waals surface area (Å²) < 4.78 is 0. The van der Waals surface area contributed by atoms with Gasteiger partial charge in [0.1, 0.15) is 0 Å². The molecule has 2 amide bonds. The third-order valence-electron chi connectivity index (χ3n) is 4.72. The average molecular weight is 266 g/mol. The van der Waals surface area contributed by atoms with Gasteiger partial charge in [-0.25, -0.2) is 0 Å². The Hall–Kier alpha value is -1.06. The van der Waals surface area contributed by atoms with E-state index in [-0.39, 0.29) is 17.7 Å². The molecule has 1 aliphatic carbocycles. The van der Waals surface area contributed by atoms with E-state index < -0.39 is 0 Å². The molecule has 2 fully saturated rings. The minimum absolute atomic E-state index is 0.0890. The maximum absolute atomic E-state index is 12.2. The molecule has 19 heavy (non-hydrogen) atoms. The molecule has 1 heterocycles. The zero-order valence-electron chi connectivity index (χ0n) is 12.4. The van der Waals surface area contributed by atoms with Crippen LogP contribution < -0.4 is 5.32 Å². The van der Waals surface area contributed by atoms with Gasteiger partial charge >= 0.3 is 0 Å². The zero-order chi connectivity index (χ0) is 14.0. The molecular formula is C15H26N2O2. The number of carbonyl (C=O) groups excluding carboxylic acids is 2. The van der Waals surface area contributed by atoms with Gasteiger partial charge in [-0.1, -0.05) is 13.8 Å². The first-order valence-corrected chi connectivity index (χ1v) is 7.42. The van der Waals surface area contributed by atoms with Gasteiger partial charge in [-0.3, -0.25) is 9.59 Å². The number of carbonyl (C=O) groups is 2. The highest BCUT2D eigenvalue weighted by Gasteiger charge is 2.32. The first-order chi connectivity index (χ1) is 8.87. The van der Waals surface area contributed by atoms with Crippen molar-refractivity contribution in [3.63, 3.8) is 0 Å². The summed E-state index contributed by atoms with van der Waals surface area (Å²) in [6, 6.07) is 0.315. The van der Waals surface area contributed by atoms with Crippen LogP contribution in [0.1, 0.15) is 52.4 Å². The van der Waals surface area contributed by atoms with E-state index in [1.54, 1.807) is 11.9 Å². The molecule has 1 aliphatic heterocycles. The molecule has 1 unspecified atom stereocenters. The van der Waals surface area contributed by atoms with Crippen LogP contribution in [0.2, 0.25) is 0 Å². The number of hydrogen-bond donors (Lipinski definition) is 1. The van der Waals surface area contributed by atoms with Gasteiger partial charge < -0.3 is 10.2 Å². The Morgan fingerprint density at radius 1 is 1.26 bits per heavy atom. The Labute approximate surface area is 115 Å². The lowest BCUT2D eigenvalue weighted by Crippen LogP contribution is -2.46. The van der Waals surface area contributed by atoms with Crippen LogP contribution in [0, 0.1) is 11.3 Å². The summed E-state index contributed by atoms with van der Waals surface area (Å²) in [5.41, 5.74) is 0.421. The lowest BCUT2D eigenvalue weighted by Gasteiger charge is -2.36. The molecule has 4 nitrogen and oxygen atoms in total. The molecule has 0 aromatic rings. The molecule has 4 heteroatoms. The normalized spacial score (nSPS) is 28.3. The van der Waals surface area contributed by atoms with Gasteiger partial charge in [-0.2, -0.15) is 0 Å². The molecule has 1 saturated heterocycles. The van der Waals surface area contributed by atoms with Crippen molar-refractivity contribution in [3.05, 3.63) is 0 Å². The van der Waals surface area contributed by atoms with E-state index in [0.29, 0.717) is 24.4 Å². The van der Waals surface area contributed by atoms with E-state index >= 15 is 0 Å². The van der Waals surface area contributed by atoms with Crippen molar-refractivity contribution < 1.29 is 9.59 Å². The van der Waals surface area contributed by atoms with E-state index in [4.69, 9.17) is 0 Å². The summed E-state index contributed by atoms with van der Waals surface area (Å²) in [6.07, 6.45) is 5.65. The standard InChI is InChI=1S/C15H26N2O2/c1-15(2)7-4-12(5-8-15)16-14(19)11-6-9-17(3)13(18)10-11/h11-12H,4-10H2,1-3H3,(H,16,19). The second-order valence-corrected chi connectivity index (χ2v) is 6.95. The summed E-state index contributed by atoms with van der Waals surface area (Å²) >= 11 is 0. The van der Waals surface area contributed by atoms with Crippen LogP contribution in [0.4, 0.5) is 0 Å². The zero-order valence-corrected chi connectivity index (χ0v) is 12.4. The number of nitrogens with one attached hydrogen (secondary N) is 1.